The Morgan fingerprint density at radius 1 is 1.22 bits per heavy atom. The van der Waals surface area contributed by atoms with E-state index in [1.165, 1.54) is 0 Å². The number of hydrogen-bond donors (Lipinski definition) is 1. The number of nitrogens with zero attached hydrogens (tertiary/aromatic N) is 2. The van der Waals surface area contributed by atoms with Crippen LogP contribution >= 0.6 is 24.0 Å². The molecule has 0 saturated carbocycles. The smallest absolute Gasteiger partial charge is 0.122 e. The summed E-state index contributed by atoms with van der Waals surface area (Å²) in [5.41, 5.74) is 2.96. The highest BCUT2D eigenvalue weighted by Gasteiger charge is 2.18. The molecular formula is C21H26Cl2N2O2. The molecule has 3 rings (SSSR count). The molecule has 2 aromatic carbocycles. The van der Waals surface area contributed by atoms with Crippen molar-refractivity contribution in [2.75, 3.05) is 6.61 Å². The Labute approximate surface area is 171 Å². The predicted octanol–water partition coefficient (Wildman–Crippen LogP) is 5.37. The molecule has 3 aromatic rings. The lowest BCUT2D eigenvalue weighted by Crippen LogP contribution is -2.25. The number of aryl methyl sites for hydroxylation is 1. The van der Waals surface area contributed by atoms with E-state index in [9.17, 15) is 5.11 Å². The zero-order valence-corrected chi connectivity index (χ0v) is 17.4. The summed E-state index contributed by atoms with van der Waals surface area (Å²) in [6.07, 6.45) is 0.366. The number of aliphatic hydroxyl groups is 1. The highest BCUT2D eigenvalue weighted by Crippen LogP contribution is 2.25. The SMILES string of the molecule is CCC(C)c1nc2ccccc2n1CC(O)COc1ccc(Cl)cc1C.Cl. The van der Waals surface area contributed by atoms with Crippen molar-refractivity contribution in [2.45, 2.75) is 45.8 Å². The highest BCUT2D eigenvalue weighted by molar-refractivity contribution is 6.30. The van der Waals surface area contributed by atoms with Crippen LogP contribution in [0.1, 0.15) is 37.6 Å². The lowest BCUT2D eigenvalue weighted by Gasteiger charge is -2.18. The second kappa shape index (κ2) is 9.45. The average molecular weight is 409 g/mol. The molecule has 2 unspecified atom stereocenters. The Kier molecular flexibility index (Phi) is 7.54. The van der Waals surface area contributed by atoms with E-state index < -0.39 is 6.10 Å². The van der Waals surface area contributed by atoms with Crippen molar-refractivity contribution in [2.24, 2.45) is 0 Å². The first-order valence-corrected chi connectivity index (χ1v) is 9.39. The Morgan fingerprint density at radius 3 is 2.67 bits per heavy atom. The molecule has 0 fully saturated rings. The molecular weight excluding hydrogens is 383 g/mol. The van der Waals surface area contributed by atoms with E-state index in [4.69, 9.17) is 21.3 Å². The molecule has 2 atom stereocenters. The molecule has 0 bridgehead atoms. The van der Waals surface area contributed by atoms with Gasteiger partial charge in [0.2, 0.25) is 0 Å². The van der Waals surface area contributed by atoms with E-state index in [1.807, 2.05) is 43.3 Å². The van der Waals surface area contributed by atoms with Gasteiger partial charge in [-0.15, -0.1) is 12.4 Å². The van der Waals surface area contributed by atoms with Crippen LogP contribution in [0.25, 0.3) is 11.0 Å². The van der Waals surface area contributed by atoms with E-state index in [-0.39, 0.29) is 19.0 Å². The van der Waals surface area contributed by atoms with E-state index in [0.29, 0.717) is 17.5 Å². The van der Waals surface area contributed by atoms with Gasteiger partial charge >= 0.3 is 0 Å². The van der Waals surface area contributed by atoms with Gasteiger partial charge in [0.05, 0.1) is 17.6 Å². The van der Waals surface area contributed by atoms with Gasteiger partial charge in [-0.2, -0.15) is 0 Å². The molecule has 0 aliphatic rings. The van der Waals surface area contributed by atoms with Crippen molar-refractivity contribution in [1.29, 1.82) is 0 Å². The van der Waals surface area contributed by atoms with Gasteiger partial charge in [-0.25, -0.2) is 4.98 Å². The van der Waals surface area contributed by atoms with Gasteiger partial charge in [-0.1, -0.05) is 37.6 Å². The zero-order chi connectivity index (χ0) is 18.7. The van der Waals surface area contributed by atoms with Gasteiger partial charge in [0.15, 0.2) is 0 Å². The van der Waals surface area contributed by atoms with Crippen LogP contribution in [0.4, 0.5) is 0 Å². The number of fused-ring (bicyclic) bond motifs is 1. The van der Waals surface area contributed by atoms with Crippen LogP contribution < -0.4 is 4.74 Å². The first-order valence-electron chi connectivity index (χ1n) is 9.01. The molecule has 0 amide bonds. The van der Waals surface area contributed by atoms with Crippen LogP contribution in [-0.2, 0) is 6.54 Å². The molecule has 27 heavy (non-hydrogen) atoms. The van der Waals surface area contributed by atoms with E-state index in [1.54, 1.807) is 6.07 Å². The number of hydrogen-bond acceptors (Lipinski definition) is 3. The van der Waals surface area contributed by atoms with Crippen LogP contribution in [0.15, 0.2) is 42.5 Å². The molecule has 1 aromatic heterocycles. The zero-order valence-electron chi connectivity index (χ0n) is 15.9. The first kappa shape index (κ1) is 21.5. The Balaban J connectivity index is 0.00000261. The topological polar surface area (TPSA) is 47.3 Å². The van der Waals surface area contributed by atoms with E-state index >= 15 is 0 Å². The number of ether oxygens (including phenoxy) is 1. The third-order valence-corrected chi connectivity index (χ3v) is 4.93. The monoisotopic (exact) mass is 408 g/mol. The normalized spacial score (nSPS) is 13.2. The lowest BCUT2D eigenvalue weighted by molar-refractivity contribution is 0.0921. The van der Waals surface area contributed by atoms with Gasteiger partial charge < -0.3 is 14.4 Å². The summed E-state index contributed by atoms with van der Waals surface area (Å²) >= 11 is 5.98. The minimum Gasteiger partial charge on any atom is -0.491 e. The van der Waals surface area contributed by atoms with E-state index in [0.717, 1.165) is 34.6 Å². The highest BCUT2D eigenvalue weighted by atomic mass is 35.5. The molecule has 0 aliphatic carbocycles. The van der Waals surface area contributed by atoms with E-state index in [2.05, 4.69) is 18.4 Å². The fraction of sp³-hybridized carbons (Fsp3) is 0.381. The van der Waals surface area contributed by atoms with Gasteiger partial charge in [0.1, 0.15) is 24.3 Å². The number of aliphatic hydroxyl groups excluding tert-OH is 1. The molecule has 4 nitrogen and oxygen atoms in total. The maximum absolute atomic E-state index is 10.6. The van der Waals surface area contributed by atoms with Gasteiger partial charge in [-0.05, 0) is 49.2 Å². The number of para-hydroxylation sites is 2. The molecule has 0 saturated heterocycles. The summed E-state index contributed by atoms with van der Waals surface area (Å²) in [5.74, 6) is 2.08. The second-order valence-corrected chi connectivity index (χ2v) is 7.19. The maximum Gasteiger partial charge on any atom is 0.122 e. The van der Waals surface area contributed by atoms with Gasteiger partial charge in [0, 0.05) is 10.9 Å². The summed E-state index contributed by atoms with van der Waals surface area (Å²) in [6.45, 7) is 6.93. The fourth-order valence-electron chi connectivity index (χ4n) is 3.07. The molecule has 146 valence electrons. The number of benzene rings is 2. The number of halogens is 2. The molecule has 6 heteroatoms. The molecule has 0 spiro atoms. The third kappa shape index (κ3) is 4.95. The minimum atomic E-state index is -0.634. The maximum atomic E-state index is 10.6. The van der Waals surface area contributed by atoms with Crippen LogP contribution in [0, 0.1) is 6.92 Å². The largest absolute Gasteiger partial charge is 0.491 e. The van der Waals surface area contributed by atoms with Gasteiger partial charge in [-0.3, -0.25) is 0 Å². The predicted molar refractivity (Wildman–Crippen MR) is 113 cm³/mol. The molecule has 0 radical (unpaired) electrons. The first-order chi connectivity index (χ1) is 12.5. The van der Waals surface area contributed by atoms with Crippen molar-refractivity contribution in [3.05, 3.63) is 58.9 Å². The van der Waals surface area contributed by atoms with Crippen molar-refractivity contribution in [3.8, 4) is 5.75 Å². The minimum absolute atomic E-state index is 0. The van der Waals surface area contributed by atoms with Crippen molar-refractivity contribution in [1.82, 2.24) is 9.55 Å². The number of imidazole rings is 1. The summed E-state index contributed by atoms with van der Waals surface area (Å²) in [7, 11) is 0. The average Bonchev–Trinajstić information content (AvgIpc) is 2.99. The second-order valence-electron chi connectivity index (χ2n) is 6.75. The molecule has 1 N–H and O–H groups in total. The molecule has 0 aliphatic heterocycles. The number of rotatable bonds is 7. The van der Waals surface area contributed by atoms with Crippen LogP contribution in [0.2, 0.25) is 5.02 Å². The van der Waals surface area contributed by atoms with Crippen molar-refractivity contribution >= 4 is 35.0 Å². The third-order valence-electron chi connectivity index (χ3n) is 4.70. The van der Waals surface area contributed by atoms with Crippen LogP contribution in [-0.4, -0.2) is 27.4 Å². The van der Waals surface area contributed by atoms with Crippen LogP contribution in [0.3, 0.4) is 0 Å². The fourth-order valence-corrected chi connectivity index (χ4v) is 3.30. The quantitative estimate of drug-likeness (QED) is 0.571. The van der Waals surface area contributed by atoms with Crippen molar-refractivity contribution in [3.63, 3.8) is 0 Å². The summed E-state index contributed by atoms with van der Waals surface area (Å²) in [4.78, 5) is 4.77. The van der Waals surface area contributed by atoms with Crippen molar-refractivity contribution < 1.29 is 9.84 Å². The Hall–Kier alpha value is -1.75. The molecule has 1 heterocycles. The van der Waals surface area contributed by atoms with Crippen LogP contribution in [0.5, 0.6) is 5.75 Å². The summed E-state index contributed by atoms with van der Waals surface area (Å²) in [5, 5.41) is 11.2. The van der Waals surface area contributed by atoms with Gasteiger partial charge in [0.25, 0.3) is 0 Å². The number of aromatic nitrogens is 2. The lowest BCUT2D eigenvalue weighted by atomic mass is 10.1. The summed E-state index contributed by atoms with van der Waals surface area (Å²) in [6, 6.07) is 13.5. The Morgan fingerprint density at radius 2 is 1.96 bits per heavy atom. The standard InChI is InChI=1S/C21H25ClN2O2.ClH/c1-4-14(2)21-23-18-7-5-6-8-19(18)24(21)12-17(25)13-26-20-10-9-16(22)11-15(20)3;/h5-11,14,17,25H,4,12-13H2,1-3H3;1H. The summed E-state index contributed by atoms with van der Waals surface area (Å²) < 4.78 is 7.92. The Bertz CT molecular complexity index is 895.